The molecule has 0 bridgehead atoms. The van der Waals surface area contributed by atoms with Crippen LogP contribution in [0.4, 0.5) is 4.79 Å². The van der Waals surface area contributed by atoms with Gasteiger partial charge in [0.1, 0.15) is 0 Å². The largest absolute Gasteiger partial charge is 0.395 e. The second kappa shape index (κ2) is 8.17. The average Bonchev–Trinajstić information content (AvgIpc) is 2.44. The van der Waals surface area contributed by atoms with Gasteiger partial charge in [0.25, 0.3) is 0 Å². The van der Waals surface area contributed by atoms with Crippen molar-refractivity contribution in [3.63, 3.8) is 0 Å². The molecule has 4 nitrogen and oxygen atoms in total. The maximum Gasteiger partial charge on any atom is 0.317 e. The molecule has 0 saturated carbocycles. The van der Waals surface area contributed by atoms with E-state index in [1.807, 2.05) is 31.2 Å². The van der Waals surface area contributed by atoms with E-state index in [9.17, 15) is 4.79 Å². The Morgan fingerprint density at radius 1 is 1.47 bits per heavy atom. The summed E-state index contributed by atoms with van der Waals surface area (Å²) in [4.78, 5) is 13.2. The van der Waals surface area contributed by atoms with Gasteiger partial charge in [-0.15, -0.1) is 0 Å². The second-order valence-corrected chi connectivity index (χ2v) is 4.15. The molecule has 0 aliphatic heterocycles. The van der Waals surface area contributed by atoms with Gasteiger partial charge in [-0.3, -0.25) is 0 Å². The molecule has 1 aromatic carbocycles. The molecule has 0 aliphatic carbocycles. The van der Waals surface area contributed by atoms with Crippen LogP contribution < -0.4 is 5.32 Å². The smallest absolute Gasteiger partial charge is 0.317 e. The van der Waals surface area contributed by atoms with Gasteiger partial charge in [0.15, 0.2) is 0 Å². The lowest BCUT2D eigenvalue weighted by molar-refractivity contribution is 0.210. The first-order valence-electron chi connectivity index (χ1n) is 6.35. The third kappa shape index (κ3) is 5.45. The maximum absolute atomic E-state index is 11.6. The number of rotatable bonds is 4. The van der Waals surface area contributed by atoms with Gasteiger partial charge in [-0.25, -0.2) is 4.79 Å². The van der Waals surface area contributed by atoms with Crippen LogP contribution in [-0.4, -0.2) is 36.2 Å². The molecule has 102 valence electrons. The number of hydrogen-bond acceptors (Lipinski definition) is 2. The third-order valence-electron chi connectivity index (χ3n) is 2.66. The van der Waals surface area contributed by atoms with Crippen molar-refractivity contribution in [1.29, 1.82) is 0 Å². The Balaban J connectivity index is 2.58. The summed E-state index contributed by atoms with van der Waals surface area (Å²) in [5, 5.41) is 11.5. The highest BCUT2D eigenvalue weighted by Crippen LogP contribution is 2.04. The fourth-order valence-electron chi connectivity index (χ4n) is 1.44. The Bertz CT molecular complexity index is 475. The molecule has 0 radical (unpaired) electrons. The molecule has 0 heterocycles. The Kier molecular flexibility index (Phi) is 6.48. The van der Waals surface area contributed by atoms with Crippen molar-refractivity contribution in [1.82, 2.24) is 10.2 Å². The van der Waals surface area contributed by atoms with Gasteiger partial charge in [0, 0.05) is 32.1 Å². The zero-order valence-corrected chi connectivity index (χ0v) is 11.4. The molecule has 1 aromatic rings. The zero-order valence-electron chi connectivity index (χ0n) is 11.4. The van der Waals surface area contributed by atoms with Gasteiger partial charge < -0.3 is 15.3 Å². The van der Waals surface area contributed by atoms with Crippen molar-refractivity contribution >= 4 is 6.03 Å². The fourth-order valence-corrected chi connectivity index (χ4v) is 1.44. The summed E-state index contributed by atoms with van der Waals surface area (Å²) in [6.07, 6.45) is 0.474. The number of carbonyl (C=O) groups is 1. The normalized spacial score (nSPS) is 9.42. The minimum Gasteiger partial charge on any atom is -0.395 e. The molecule has 0 saturated heterocycles. The molecular formula is C15H20N2O2. The van der Waals surface area contributed by atoms with Gasteiger partial charge in [-0.1, -0.05) is 24.0 Å². The average molecular weight is 260 g/mol. The van der Waals surface area contributed by atoms with Crippen molar-refractivity contribution in [2.75, 3.05) is 20.2 Å². The van der Waals surface area contributed by atoms with E-state index in [0.29, 0.717) is 19.5 Å². The minimum atomic E-state index is -0.0840. The highest BCUT2D eigenvalue weighted by atomic mass is 16.2. The number of nitrogens with zero attached hydrogens (tertiary/aromatic N) is 1. The van der Waals surface area contributed by atoms with Gasteiger partial charge >= 0.3 is 6.03 Å². The summed E-state index contributed by atoms with van der Waals surface area (Å²) < 4.78 is 0. The van der Waals surface area contributed by atoms with Crippen molar-refractivity contribution in [3.05, 3.63) is 35.4 Å². The van der Waals surface area contributed by atoms with Crippen molar-refractivity contribution in [2.24, 2.45) is 0 Å². The fraction of sp³-hybridized carbons (Fsp3) is 0.400. The lowest BCUT2D eigenvalue weighted by atomic mass is 10.1. The summed E-state index contributed by atoms with van der Waals surface area (Å²) in [6.45, 7) is 3.17. The van der Waals surface area contributed by atoms with E-state index in [4.69, 9.17) is 5.11 Å². The zero-order chi connectivity index (χ0) is 14.1. The number of benzene rings is 1. The Hall–Kier alpha value is -1.99. The van der Waals surface area contributed by atoms with Gasteiger partial charge in [0.2, 0.25) is 0 Å². The van der Waals surface area contributed by atoms with Gasteiger partial charge in [-0.05, 0) is 24.6 Å². The van der Waals surface area contributed by atoms with E-state index < -0.39 is 0 Å². The molecule has 0 spiro atoms. The first-order valence-corrected chi connectivity index (χ1v) is 6.35. The van der Waals surface area contributed by atoms with Gasteiger partial charge in [-0.2, -0.15) is 0 Å². The van der Waals surface area contributed by atoms with Crippen LogP contribution in [0.5, 0.6) is 0 Å². The highest BCUT2D eigenvalue weighted by molar-refractivity contribution is 5.73. The molecule has 0 fully saturated rings. The monoisotopic (exact) mass is 260 g/mol. The number of hydrogen-bond donors (Lipinski definition) is 2. The SMILES string of the molecule is CCN(C)C(=O)NCc1cccc(C#CCCO)c1. The number of amides is 2. The summed E-state index contributed by atoms with van der Waals surface area (Å²) in [5.41, 5.74) is 1.90. The van der Waals surface area contributed by atoms with Crippen molar-refractivity contribution < 1.29 is 9.90 Å². The standard InChI is InChI=1S/C15H20N2O2/c1-3-17(2)15(19)16-12-14-9-6-8-13(11-14)7-4-5-10-18/h6,8-9,11,18H,3,5,10,12H2,1-2H3,(H,16,19). The van der Waals surface area contributed by atoms with Crippen LogP contribution >= 0.6 is 0 Å². The minimum absolute atomic E-state index is 0.0755. The van der Waals surface area contributed by atoms with E-state index in [0.717, 1.165) is 11.1 Å². The van der Waals surface area contributed by atoms with Gasteiger partial charge in [0.05, 0.1) is 6.61 Å². The Morgan fingerprint density at radius 2 is 2.26 bits per heavy atom. The van der Waals surface area contributed by atoms with E-state index in [-0.39, 0.29) is 12.6 Å². The third-order valence-corrected chi connectivity index (χ3v) is 2.66. The number of aliphatic hydroxyl groups is 1. The molecule has 19 heavy (non-hydrogen) atoms. The van der Waals surface area contributed by atoms with Crippen LogP contribution in [0.25, 0.3) is 0 Å². The highest BCUT2D eigenvalue weighted by Gasteiger charge is 2.04. The number of urea groups is 1. The second-order valence-electron chi connectivity index (χ2n) is 4.15. The topological polar surface area (TPSA) is 52.6 Å². The van der Waals surface area contributed by atoms with Crippen LogP contribution in [-0.2, 0) is 6.54 Å². The predicted molar refractivity (Wildman–Crippen MR) is 75.6 cm³/mol. The van der Waals surface area contributed by atoms with E-state index in [1.165, 1.54) is 0 Å². The Morgan fingerprint density at radius 3 is 2.95 bits per heavy atom. The lowest BCUT2D eigenvalue weighted by Gasteiger charge is -2.15. The van der Waals surface area contributed by atoms with Crippen LogP contribution in [0.3, 0.4) is 0 Å². The molecule has 2 amide bonds. The van der Waals surface area contributed by atoms with Crippen molar-refractivity contribution in [3.8, 4) is 11.8 Å². The first kappa shape index (κ1) is 15.1. The number of aliphatic hydroxyl groups excluding tert-OH is 1. The molecule has 1 rings (SSSR count). The summed E-state index contributed by atoms with van der Waals surface area (Å²) in [5.74, 6) is 5.85. The molecule has 4 heteroatoms. The lowest BCUT2D eigenvalue weighted by Crippen LogP contribution is -2.36. The molecule has 2 N–H and O–H groups in total. The van der Waals surface area contributed by atoms with Crippen LogP contribution in [0.1, 0.15) is 24.5 Å². The van der Waals surface area contributed by atoms with E-state index >= 15 is 0 Å². The summed E-state index contributed by atoms with van der Waals surface area (Å²) in [6, 6.07) is 7.63. The van der Waals surface area contributed by atoms with Crippen LogP contribution in [0, 0.1) is 11.8 Å². The summed E-state index contributed by atoms with van der Waals surface area (Å²) in [7, 11) is 1.76. The molecule has 0 aromatic heterocycles. The first-order chi connectivity index (χ1) is 9.17. The predicted octanol–water partition coefficient (Wildman–Crippen LogP) is 1.58. The van der Waals surface area contributed by atoms with E-state index in [2.05, 4.69) is 17.2 Å². The Labute approximate surface area is 114 Å². The maximum atomic E-state index is 11.6. The van der Waals surface area contributed by atoms with Crippen LogP contribution in [0.15, 0.2) is 24.3 Å². The van der Waals surface area contributed by atoms with E-state index in [1.54, 1.807) is 11.9 Å². The molecule has 0 unspecified atom stereocenters. The molecule has 0 atom stereocenters. The molecular weight excluding hydrogens is 240 g/mol. The summed E-state index contributed by atoms with van der Waals surface area (Å²) >= 11 is 0. The molecule has 0 aliphatic rings. The van der Waals surface area contributed by atoms with Crippen molar-refractivity contribution in [2.45, 2.75) is 19.9 Å². The number of carbonyl (C=O) groups excluding carboxylic acids is 1. The number of nitrogens with one attached hydrogen (secondary N) is 1. The quantitative estimate of drug-likeness (QED) is 0.808. The van der Waals surface area contributed by atoms with Crippen LogP contribution in [0.2, 0.25) is 0 Å².